The third-order valence-electron chi connectivity index (χ3n) is 8.70. The standard InChI is InChI=1S/C35H38F3N3O7/c1-46-29-16-23(8-11-31(42)43)17-30(47-2)32(29)48-25-12-14-40(15-13-25)21-34(45,35(36,37)38)27-20-41(19-22-6-4-3-5-7-22)28-18-24(33(39)44)9-10-26(27)28/h3-7,9-10,16-18,20,25,45H,8,11-15,19,21H2,1-2H3,(H2,39,44)(H,42,43). The normalized spacial score (nSPS) is 15.6. The minimum atomic E-state index is -5.03. The summed E-state index contributed by atoms with van der Waals surface area (Å²) in [5.74, 6) is -0.616. The number of aliphatic carboxylic acids is 1. The van der Waals surface area contributed by atoms with Crippen LogP contribution in [0.5, 0.6) is 17.2 Å². The Balaban J connectivity index is 1.38. The zero-order valence-corrected chi connectivity index (χ0v) is 26.6. The second-order valence-electron chi connectivity index (χ2n) is 11.9. The van der Waals surface area contributed by atoms with Crippen molar-refractivity contribution in [2.75, 3.05) is 33.9 Å². The van der Waals surface area contributed by atoms with Crippen molar-refractivity contribution in [2.24, 2.45) is 5.73 Å². The molecule has 0 spiro atoms. The molecule has 1 amide bonds. The van der Waals surface area contributed by atoms with Crippen LogP contribution in [0.3, 0.4) is 0 Å². The summed E-state index contributed by atoms with van der Waals surface area (Å²) in [6.07, 6.45) is -3.19. The molecule has 1 saturated heterocycles. The number of piperidine rings is 1. The van der Waals surface area contributed by atoms with E-state index in [1.165, 1.54) is 38.6 Å². The van der Waals surface area contributed by atoms with Crippen molar-refractivity contribution in [2.45, 2.75) is 50.1 Å². The molecule has 1 aliphatic heterocycles. The van der Waals surface area contributed by atoms with Crippen molar-refractivity contribution >= 4 is 22.8 Å². The van der Waals surface area contributed by atoms with Gasteiger partial charge in [-0.2, -0.15) is 13.2 Å². The lowest BCUT2D eigenvalue weighted by molar-refractivity contribution is -0.272. The van der Waals surface area contributed by atoms with Gasteiger partial charge in [0.25, 0.3) is 0 Å². The van der Waals surface area contributed by atoms with E-state index in [1.54, 1.807) is 21.6 Å². The van der Waals surface area contributed by atoms with Crippen molar-refractivity contribution in [3.05, 3.63) is 89.1 Å². The number of aromatic nitrogens is 1. The Bertz CT molecular complexity index is 1740. The lowest BCUT2D eigenvalue weighted by atomic mass is 9.90. The number of amides is 1. The zero-order valence-electron chi connectivity index (χ0n) is 26.6. The molecule has 1 atom stereocenters. The minimum absolute atomic E-state index is 0.0722. The Morgan fingerprint density at radius 2 is 1.60 bits per heavy atom. The van der Waals surface area contributed by atoms with Gasteiger partial charge in [0.1, 0.15) is 6.10 Å². The number of likely N-dealkylation sites (tertiary alicyclic amines) is 1. The summed E-state index contributed by atoms with van der Waals surface area (Å²) in [5.41, 5.74) is 3.95. The number of alkyl halides is 3. The highest BCUT2D eigenvalue weighted by Crippen LogP contribution is 2.45. The Morgan fingerprint density at radius 3 is 2.17 bits per heavy atom. The van der Waals surface area contributed by atoms with E-state index in [2.05, 4.69) is 0 Å². The Morgan fingerprint density at radius 1 is 0.958 bits per heavy atom. The van der Waals surface area contributed by atoms with Gasteiger partial charge in [0.2, 0.25) is 17.3 Å². The number of benzene rings is 3. The maximum Gasteiger partial charge on any atom is 0.422 e. The van der Waals surface area contributed by atoms with Crippen molar-refractivity contribution in [1.29, 1.82) is 0 Å². The number of aliphatic hydroxyl groups is 1. The smallest absolute Gasteiger partial charge is 0.422 e. The van der Waals surface area contributed by atoms with E-state index in [0.717, 1.165) is 5.56 Å². The predicted molar refractivity (Wildman–Crippen MR) is 172 cm³/mol. The number of β-amino-alcohol motifs (C(OH)–C–C–N with tert-alkyl or cyclic N) is 1. The first-order valence-corrected chi connectivity index (χ1v) is 15.4. The highest BCUT2D eigenvalue weighted by molar-refractivity contribution is 5.98. The molecule has 10 nitrogen and oxygen atoms in total. The minimum Gasteiger partial charge on any atom is -0.493 e. The van der Waals surface area contributed by atoms with Crippen LogP contribution in [0.1, 0.15) is 46.3 Å². The molecule has 2 heterocycles. The molecule has 13 heteroatoms. The molecule has 48 heavy (non-hydrogen) atoms. The number of rotatable bonds is 13. The number of aryl methyl sites for hydroxylation is 1. The number of carbonyl (C=O) groups is 2. The first kappa shape index (κ1) is 34.6. The number of carboxylic acids is 1. The molecule has 3 aromatic carbocycles. The van der Waals surface area contributed by atoms with E-state index in [4.69, 9.17) is 25.1 Å². The van der Waals surface area contributed by atoms with Gasteiger partial charge in [0, 0.05) is 60.8 Å². The molecule has 0 aliphatic carbocycles. The Kier molecular flexibility index (Phi) is 10.2. The fourth-order valence-electron chi connectivity index (χ4n) is 6.13. The second kappa shape index (κ2) is 14.2. The molecular weight excluding hydrogens is 631 g/mol. The van der Waals surface area contributed by atoms with E-state index in [9.17, 15) is 27.9 Å². The number of primary amides is 1. The number of methoxy groups -OCH3 is 2. The van der Waals surface area contributed by atoms with Crippen LogP contribution >= 0.6 is 0 Å². The molecule has 0 bridgehead atoms. The summed E-state index contributed by atoms with van der Waals surface area (Å²) in [7, 11) is 2.91. The number of halogens is 3. The molecule has 256 valence electrons. The topological polar surface area (TPSA) is 136 Å². The summed E-state index contributed by atoms with van der Waals surface area (Å²) < 4.78 is 63.6. The van der Waals surface area contributed by atoms with Crippen LogP contribution < -0.4 is 19.9 Å². The number of carboxylic acid groups (broad SMARTS) is 1. The van der Waals surface area contributed by atoms with Crippen molar-refractivity contribution in [1.82, 2.24) is 9.47 Å². The number of hydrogen-bond acceptors (Lipinski definition) is 7. The number of nitrogens with two attached hydrogens (primary N) is 1. The van der Waals surface area contributed by atoms with Crippen LogP contribution in [0, 0.1) is 0 Å². The maximum absolute atomic E-state index is 14.9. The van der Waals surface area contributed by atoms with E-state index < -0.39 is 30.2 Å². The van der Waals surface area contributed by atoms with E-state index >= 15 is 0 Å². The molecule has 4 aromatic rings. The third kappa shape index (κ3) is 7.37. The lowest BCUT2D eigenvalue weighted by Crippen LogP contribution is -2.53. The van der Waals surface area contributed by atoms with Crippen LogP contribution in [-0.4, -0.2) is 77.7 Å². The summed E-state index contributed by atoms with van der Waals surface area (Å²) in [5, 5.41) is 20.8. The highest BCUT2D eigenvalue weighted by Gasteiger charge is 2.57. The van der Waals surface area contributed by atoms with Crippen LogP contribution in [0.25, 0.3) is 10.9 Å². The monoisotopic (exact) mass is 669 g/mol. The van der Waals surface area contributed by atoms with Gasteiger partial charge in [-0.15, -0.1) is 0 Å². The highest BCUT2D eigenvalue weighted by atomic mass is 19.4. The van der Waals surface area contributed by atoms with Gasteiger partial charge < -0.3 is 34.7 Å². The van der Waals surface area contributed by atoms with Crippen LogP contribution in [0.4, 0.5) is 13.2 Å². The van der Waals surface area contributed by atoms with Gasteiger partial charge in [-0.3, -0.25) is 14.5 Å². The van der Waals surface area contributed by atoms with Crippen LogP contribution in [0.2, 0.25) is 0 Å². The van der Waals surface area contributed by atoms with Gasteiger partial charge in [-0.05, 0) is 54.7 Å². The lowest BCUT2D eigenvalue weighted by Gasteiger charge is -2.39. The Hall–Kier alpha value is -4.75. The van der Waals surface area contributed by atoms with Crippen LogP contribution in [-0.2, 0) is 23.4 Å². The summed E-state index contributed by atoms with van der Waals surface area (Å²) in [6.45, 7) is -0.0857. The quantitative estimate of drug-likeness (QED) is 0.179. The predicted octanol–water partition coefficient (Wildman–Crippen LogP) is 5.12. The first-order valence-electron chi connectivity index (χ1n) is 15.4. The zero-order chi connectivity index (χ0) is 34.6. The Labute approximate surface area is 275 Å². The number of carbonyl (C=O) groups excluding carboxylic acids is 1. The van der Waals surface area contributed by atoms with Gasteiger partial charge >= 0.3 is 12.1 Å². The fourth-order valence-corrected chi connectivity index (χ4v) is 6.13. The molecule has 1 aliphatic rings. The van der Waals surface area contributed by atoms with Crippen molar-refractivity contribution < 1.29 is 47.2 Å². The molecule has 1 fully saturated rings. The summed E-state index contributed by atoms with van der Waals surface area (Å²) >= 11 is 0. The van der Waals surface area contributed by atoms with Gasteiger partial charge in [0.15, 0.2) is 11.5 Å². The van der Waals surface area contributed by atoms with E-state index in [1.807, 2.05) is 30.3 Å². The second-order valence-corrected chi connectivity index (χ2v) is 11.9. The first-order chi connectivity index (χ1) is 22.8. The van der Waals surface area contributed by atoms with Gasteiger partial charge in [-0.1, -0.05) is 36.4 Å². The van der Waals surface area contributed by atoms with E-state index in [0.29, 0.717) is 41.2 Å². The summed E-state index contributed by atoms with van der Waals surface area (Å²) in [6, 6.07) is 16.7. The molecular formula is C35H38F3N3O7. The molecule has 1 aromatic heterocycles. The van der Waals surface area contributed by atoms with Gasteiger partial charge in [-0.25, -0.2) is 0 Å². The average molecular weight is 670 g/mol. The number of ether oxygens (including phenoxy) is 3. The molecule has 0 saturated carbocycles. The molecule has 5 rings (SSSR count). The van der Waals surface area contributed by atoms with Crippen LogP contribution in [0.15, 0.2) is 66.9 Å². The number of fused-ring (bicyclic) bond motifs is 1. The van der Waals surface area contributed by atoms with Crippen molar-refractivity contribution in [3.8, 4) is 17.2 Å². The molecule has 0 radical (unpaired) electrons. The maximum atomic E-state index is 14.9. The third-order valence-corrected chi connectivity index (χ3v) is 8.70. The largest absolute Gasteiger partial charge is 0.493 e. The van der Waals surface area contributed by atoms with Gasteiger partial charge in [0.05, 0.1) is 14.2 Å². The molecule has 4 N–H and O–H groups in total. The average Bonchev–Trinajstić information content (AvgIpc) is 3.42. The molecule has 1 unspecified atom stereocenters. The summed E-state index contributed by atoms with van der Waals surface area (Å²) in [4.78, 5) is 24.5. The number of nitrogens with zero attached hydrogens (tertiary/aromatic N) is 2. The van der Waals surface area contributed by atoms with Crippen molar-refractivity contribution in [3.63, 3.8) is 0 Å². The van der Waals surface area contributed by atoms with E-state index in [-0.39, 0.29) is 55.1 Å². The SMILES string of the molecule is COc1cc(CCC(=O)O)cc(OC)c1OC1CCN(CC(O)(c2cn(Cc3ccccc3)c3cc(C(N)=O)ccc23)C(F)(F)F)CC1. The fraction of sp³-hybridized carbons (Fsp3) is 0.371. The number of hydrogen-bond donors (Lipinski definition) is 3.